The molecule has 4 heteroatoms. The highest BCUT2D eigenvalue weighted by Crippen LogP contribution is 2.35. The molecule has 0 amide bonds. The normalized spacial score (nSPS) is 25.6. The Hall–Kier alpha value is -0.870. The molecule has 0 bridgehead atoms. The molecule has 2 saturated heterocycles. The van der Waals surface area contributed by atoms with Crippen LogP contribution in [0.2, 0.25) is 0 Å². The summed E-state index contributed by atoms with van der Waals surface area (Å²) in [6, 6.07) is 0.653. The van der Waals surface area contributed by atoms with Crippen molar-refractivity contribution < 1.29 is 0 Å². The van der Waals surface area contributed by atoms with Crippen LogP contribution in [0.15, 0.2) is 12.5 Å². The van der Waals surface area contributed by atoms with Gasteiger partial charge in [-0.15, -0.1) is 0 Å². The summed E-state index contributed by atoms with van der Waals surface area (Å²) in [4.78, 5) is 6.90. The van der Waals surface area contributed by atoms with Crippen LogP contribution in [0.25, 0.3) is 0 Å². The van der Waals surface area contributed by atoms with Gasteiger partial charge in [0.2, 0.25) is 0 Å². The number of nitrogens with one attached hydrogen (secondary N) is 1. The second-order valence-corrected chi connectivity index (χ2v) is 6.53. The molecule has 0 aromatic carbocycles. The number of piperidine rings is 2. The van der Waals surface area contributed by atoms with Crippen molar-refractivity contribution in [3.8, 4) is 0 Å². The highest BCUT2D eigenvalue weighted by atomic mass is 15.1. The molecule has 1 N–H and O–H groups in total. The van der Waals surface area contributed by atoms with Crippen molar-refractivity contribution in [1.82, 2.24) is 19.8 Å². The highest BCUT2D eigenvalue weighted by molar-refractivity contribution is 5.16. The summed E-state index contributed by atoms with van der Waals surface area (Å²) < 4.78 is 2.48. The number of hydrogen-bond acceptors (Lipinski definition) is 3. The third-order valence-corrected chi connectivity index (χ3v) is 5.07. The third-order valence-electron chi connectivity index (χ3n) is 5.07. The Morgan fingerprint density at radius 1 is 1.26 bits per heavy atom. The van der Waals surface area contributed by atoms with Crippen molar-refractivity contribution in [2.75, 3.05) is 33.2 Å². The predicted molar refractivity (Wildman–Crippen MR) is 77.5 cm³/mol. The molecule has 0 saturated carbocycles. The Morgan fingerprint density at radius 2 is 1.95 bits per heavy atom. The van der Waals surface area contributed by atoms with Crippen LogP contribution in [0.3, 0.4) is 0 Å². The molecule has 0 aliphatic carbocycles. The van der Waals surface area contributed by atoms with Crippen molar-refractivity contribution in [2.45, 2.75) is 44.1 Å². The average molecular weight is 262 g/mol. The first kappa shape index (κ1) is 13.1. The van der Waals surface area contributed by atoms with Gasteiger partial charge in [-0.3, -0.25) is 0 Å². The lowest BCUT2D eigenvalue weighted by atomic mass is 9.78. The number of nitrogens with zero attached hydrogens (tertiary/aromatic N) is 3. The van der Waals surface area contributed by atoms with Crippen LogP contribution in [0.5, 0.6) is 0 Å². The SMILES string of the molecule is CN1CCC(n2cncc2C2(C)CCNCC2)CC1. The maximum atomic E-state index is 4.47. The van der Waals surface area contributed by atoms with Gasteiger partial charge >= 0.3 is 0 Å². The van der Waals surface area contributed by atoms with E-state index in [4.69, 9.17) is 0 Å². The fraction of sp³-hybridized carbons (Fsp3) is 0.800. The standard InChI is InChI=1S/C15H26N4/c1-15(5-7-16-8-6-15)14-11-17-12-19(14)13-3-9-18(2)10-4-13/h11-13,16H,3-10H2,1-2H3. The molecule has 4 nitrogen and oxygen atoms in total. The van der Waals surface area contributed by atoms with Gasteiger partial charge in [0.1, 0.15) is 0 Å². The zero-order valence-electron chi connectivity index (χ0n) is 12.2. The van der Waals surface area contributed by atoms with E-state index < -0.39 is 0 Å². The van der Waals surface area contributed by atoms with Crippen LogP contribution in [-0.2, 0) is 5.41 Å². The molecule has 3 rings (SSSR count). The van der Waals surface area contributed by atoms with Gasteiger partial charge in [-0.1, -0.05) is 6.92 Å². The van der Waals surface area contributed by atoms with Crippen molar-refractivity contribution in [2.24, 2.45) is 0 Å². The maximum Gasteiger partial charge on any atom is 0.0950 e. The number of hydrogen-bond donors (Lipinski definition) is 1. The van der Waals surface area contributed by atoms with Crippen molar-refractivity contribution in [3.05, 3.63) is 18.2 Å². The van der Waals surface area contributed by atoms with E-state index in [0.717, 1.165) is 13.1 Å². The minimum atomic E-state index is 0.311. The lowest BCUT2D eigenvalue weighted by molar-refractivity contribution is 0.210. The first-order valence-electron chi connectivity index (χ1n) is 7.61. The van der Waals surface area contributed by atoms with E-state index in [0.29, 0.717) is 11.5 Å². The first-order valence-corrected chi connectivity index (χ1v) is 7.61. The van der Waals surface area contributed by atoms with Crippen molar-refractivity contribution in [1.29, 1.82) is 0 Å². The minimum absolute atomic E-state index is 0.311. The molecular formula is C15H26N4. The molecule has 0 unspecified atom stereocenters. The van der Waals surface area contributed by atoms with Crippen LogP contribution in [0, 0.1) is 0 Å². The van der Waals surface area contributed by atoms with E-state index in [1.807, 2.05) is 0 Å². The molecule has 0 atom stereocenters. The second-order valence-electron chi connectivity index (χ2n) is 6.53. The van der Waals surface area contributed by atoms with Crippen LogP contribution in [0.1, 0.15) is 44.3 Å². The van der Waals surface area contributed by atoms with Gasteiger partial charge in [0.15, 0.2) is 0 Å². The smallest absolute Gasteiger partial charge is 0.0950 e. The molecule has 106 valence electrons. The average Bonchev–Trinajstić information content (AvgIpc) is 2.90. The van der Waals surface area contributed by atoms with Crippen LogP contribution < -0.4 is 5.32 Å². The van der Waals surface area contributed by atoms with E-state index in [2.05, 4.69) is 46.3 Å². The first-order chi connectivity index (χ1) is 9.19. The Labute approximate surface area is 116 Å². The van der Waals surface area contributed by atoms with E-state index in [1.165, 1.54) is 44.5 Å². The lowest BCUT2D eigenvalue weighted by Crippen LogP contribution is -2.40. The van der Waals surface area contributed by atoms with Gasteiger partial charge in [0.25, 0.3) is 0 Å². The zero-order valence-corrected chi connectivity index (χ0v) is 12.2. The highest BCUT2D eigenvalue weighted by Gasteiger charge is 2.33. The fourth-order valence-electron chi connectivity index (χ4n) is 3.57. The van der Waals surface area contributed by atoms with Gasteiger partial charge in [-0.25, -0.2) is 4.98 Å². The predicted octanol–water partition coefficient (Wildman–Crippen LogP) is 1.79. The molecule has 0 spiro atoms. The van der Waals surface area contributed by atoms with Gasteiger partial charge in [0.05, 0.1) is 6.33 Å². The third kappa shape index (κ3) is 2.56. The van der Waals surface area contributed by atoms with Gasteiger partial charge in [-0.05, 0) is 58.9 Å². The molecule has 1 aromatic rings. The lowest BCUT2D eigenvalue weighted by Gasteiger charge is -2.38. The molecule has 2 aliphatic rings. The molecule has 1 aromatic heterocycles. The quantitative estimate of drug-likeness (QED) is 0.882. The fourth-order valence-corrected chi connectivity index (χ4v) is 3.57. The largest absolute Gasteiger partial charge is 0.331 e. The zero-order chi connectivity index (χ0) is 13.3. The number of imidazole rings is 1. The Balaban J connectivity index is 1.81. The number of likely N-dealkylation sites (tertiary alicyclic amines) is 1. The van der Waals surface area contributed by atoms with Crippen LogP contribution >= 0.6 is 0 Å². The van der Waals surface area contributed by atoms with E-state index in [9.17, 15) is 0 Å². The van der Waals surface area contributed by atoms with E-state index in [-0.39, 0.29) is 0 Å². The summed E-state index contributed by atoms with van der Waals surface area (Å²) in [5.74, 6) is 0. The van der Waals surface area contributed by atoms with E-state index in [1.54, 1.807) is 0 Å². The monoisotopic (exact) mass is 262 g/mol. The maximum absolute atomic E-state index is 4.47. The molecule has 0 radical (unpaired) electrons. The summed E-state index contributed by atoms with van der Waals surface area (Å²) in [7, 11) is 2.22. The summed E-state index contributed by atoms with van der Waals surface area (Å²) in [6.45, 7) is 7.10. The van der Waals surface area contributed by atoms with Gasteiger partial charge in [-0.2, -0.15) is 0 Å². The molecule has 2 aliphatic heterocycles. The minimum Gasteiger partial charge on any atom is -0.331 e. The Bertz CT molecular complexity index is 412. The van der Waals surface area contributed by atoms with Crippen LogP contribution in [0.4, 0.5) is 0 Å². The summed E-state index contributed by atoms with van der Waals surface area (Å²) in [5, 5.41) is 3.47. The summed E-state index contributed by atoms with van der Waals surface area (Å²) in [5.41, 5.74) is 1.77. The molecule has 19 heavy (non-hydrogen) atoms. The molecular weight excluding hydrogens is 236 g/mol. The van der Waals surface area contributed by atoms with Crippen molar-refractivity contribution in [3.63, 3.8) is 0 Å². The van der Waals surface area contributed by atoms with Crippen LogP contribution in [-0.4, -0.2) is 47.7 Å². The van der Waals surface area contributed by atoms with E-state index >= 15 is 0 Å². The second kappa shape index (κ2) is 5.25. The van der Waals surface area contributed by atoms with Gasteiger partial charge in [0, 0.05) is 23.3 Å². The summed E-state index contributed by atoms with van der Waals surface area (Å²) in [6.07, 6.45) is 9.15. The Kier molecular flexibility index (Phi) is 3.63. The molecule has 2 fully saturated rings. The molecule has 3 heterocycles. The van der Waals surface area contributed by atoms with Crippen molar-refractivity contribution >= 4 is 0 Å². The number of aromatic nitrogens is 2. The number of rotatable bonds is 2. The Morgan fingerprint density at radius 3 is 2.63 bits per heavy atom. The van der Waals surface area contributed by atoms with Gasteiger partial charge < -0.3 is 14.8 Å². The summed E-state index contributed by atoms with van der Waals surface area (Å²) >= 11 is 0. The topological polar surface area (TPSA) is 33.1 Å².